The maximum Gasteiger partial charge on any atom is 0.262 e. The fourth-order valence-corrected chi connectivity index (χ4v) is 3.83. The third-order valence-corrected chi connectivity index (χ3v) is 5.08. The highest BCUT2D eigenvalue weighted by Gasteiger charge is 2.29. The van der Waals surface area contributed by atoms with E-state index in [2.05, 4.69) is 20.7 Å². The molecule has 0 radical (unpaired) electrons. The lowest BCUT2D eigenvalue weighted by molar-refractivity contribution is -0.118. The highest BCUT2D eigenvalue weighted by Crippen LogP contribution is 2.34. The van der Waals surface area contributed by atoms with Crippen molar-refractivity contribution < 1.29 is 14.3 Å². The minimum absolute atomic E-state index is 0.140. The minimum atomic E-state index is -0.350. The molecule has 2 heterocycles. The summed E-state index contributed by atoms with van der Waals surface area (Å²) >= 11 is 0. The van der Waals surface area contributed by atoms with Gasteiger partial charge in [0.25, 0.3) is 5.91 Å². The van der Waals surface area contributed by atoms with E-state index in [1.54, 1.807) is 10.7 Å². The van der Waals surface area contributed by atoms with Crippen molar-refractivity contribution in [2.45, 2.75) is 33.2 Å². The van der Waals surface area contributed by atoms with Crippen molar-refractivity contribution in [1.82, 2.24) is 14.8 Å². The Labute approximate surface area is 174 Å². The molecule has 1 aromatic heterocycles. The molecule has 0 aliphatic carbocycles. The molecule has 0 fully saturated rings. The van der Waals surface area contributed by atoms with Crippen molar-refractivity contribution in [3.8, 4) is 5.75 Å². The number of rotatable bonds is 5. The molecule has 0 bridgehead atoms. The van der Waals surface area contributed by atoms with Gasteiger partial charge in [-0.05, 0) is 38.0 Å². The van der Waals surface area contributed by atoms with Crippen molar-refractivity contribution in [3.63, 3.8) is 0 Å². The van der Waals surface area contributed by atoms with Gasteiger partial charge in [0.15, 0.2) is 6.61 Å². The number of para-hydroxylation sites is 1. The maximum atomic E-state index is 12.5. The van der Waals surface area contributed by atoms with Gasteiger partial charge in [0.05, 0.1) is 12.5 Å². The second kappa shape index (κ2) is 7.98. The second-order valence-electron chi connectivity index (χ2n) is 7.44. The highest BCUT2D eigenvalue weighted by atomic mass is 16.5. The molecule has 8 nitrogen and oxygen atoms in total. The average Bonchev–Trinajstić information content (AvgIpc) is 3.17. The quantitative estimate of drug-likeness (QED) is 0.680. The topological polar surface area (TPSA) is 98.1 Å². The molecule has 1 aliphatic rings. The summed E-state index contributed by atoms with van der Waals surface area (Å²) in [6, 6.07) is 11.1. The number of hydrogen-bond acceptors (Lipinski definition) is 5. The monoisotopic (exact) mass is 405 g/mol. The van der Waals surface area contributed by atoms with Crippen LogP contribution in [0.4, 0.5) is 11.6 Å². The zero-order chi connectivity index (χ0) is 21.3. The van der Waals surface area contributed by atoms with Crippen LogP contribution in [0.2, 0.25) is 0 Å². The first-order valence-electron chi connectivity index (χ1n) is 9.71. The number of hydrogen-bond donors (Lipinski definition) is 2. The number of nitrogens with zero attached hydrogens (tertiary/aromatic N) is 3. The van der Waals surface area contributed by atoms with E-state index in [9.17, 15) is 9.59 Å². The number of ether oxygens (including phenoxy) is 1. The average molecular weight is 405 g/mol. The summed E-state index contributed by atoms with van der Waals surface area (Å²) in [6.45, 7) is 5.82. The van der Waals surface area contributed by atoms with E-state index in [0.29, 0.717) is 11.7 Å². The van der Waals surface area contributed by atoms with E-state index in [-0.39, 0.29) is 30.9 Å². The fraction of sp³-hybridized carbons (Fsp3) is 0.273. The first-order chi connectivity index (χ1) is 14.4. The lowest BCUT2D eigenvalue weighted by Gasteiger charge is -2.25. The summed E-state index contributed by atoms with van der Waals surface area (Å²) in [5.74, 6) is 0.543. The van der Waals surface area contributed by atoms with E-state index in [0.717, 1.165) is 27.9 Å². The van der Waals surface area contributed by atoms with Gasteiger partial charge in [-0.2, -0.15) is 10.1 Å². The van der Waals surface area contributed by atoms with Gasteiger partial charge in [-0.25, -0.2) is 4.68 Å². The number of benzene rings is 2. The standard InChI is InChI=1S/C22H23N5O3/c1-13-8-14(2)21(15(3)9-13)25-20(29)11-30-18-7-5-4-6-16(18)17-10-19(28)26-22-23-12-24-27(17)22/h4-9,12,17H,10-11H2,1-3H3,(H,25,29)(H,23,24,26,28)/t17-/m0/s1. The first kappa shape index (κ1) is 19.6. The molecule has 2 aromatic carbocycles. The van der Waals surface area contributed by atoms with E-state index in [1.807, 2.05) is 51.1 Å². The number of nitrogens with one attached hydrogen (secondary N) is 2. The molecule has 1 atom stereocenters. The number of carbonyl (C=O) groups excluding carboxylic acids is 2. The zero-order valence-electron chi connectivity index (χ0n) is 17.1. The molecule has 154 valence electrons. The Hall–Kier alpha value is -3.68. The summed E-state index contributed by atoms with van der Waals surface area (Å²) in [5, 5.41) is 9.86. The van der Waals surface area contributed by atoms with Crippen molar-refractivity contribution in [2.75, 3.05) is 17.2 Å². The molecule has 0 saturated carbocycles. The highest BCUT2D eigenvalue weighted by molar-refractivity contribution is 5.93. The predicted molar refractivity (Wildman–Crippen MR) is 113 cm³/mol. The normalized spacial score (nSPS) is 15.3. The van der Waals surface area contributed by atoms with E-state index in [1.165, 1.54) is 6.33 Å². The van der Waals surface area contributed by atoms with E-state index < -0.39 is 0 Å². The Morgan fingerprint density at radius 3 is 2.73 bits per heavy atom. The number of aryl methyl sites for hydroxylation is 3. The second-order valence-corrected chi connectivity index (χ2v) is 7.44. The summed E-state index contributed by atoms with van der Waals surface area (Å²) in [6.07, 6.45) is 1.61. The molecule has 2 N–H and O–H groups in total. The molecule has 0 spiro atoms. The largest absolute Gasteiger partial charge is 0.483 e. The summed E-state index contributed by atoms with van der Waals surface area (Å²) in [5.41, 5.74) is 4.74. The van der Waals surface area contributed by atoms with Crippen molar-refractivity contribution in [2.24, 2.45) is 0 Å². The Morgan fingerprint density at radius 1 is 1.23 bits per heavy atom. The van der Waals surface area contributed by atoms with Gasteiger partial charge in [0, 0.05) is 11.3 Å². The van der Waals surface area contributed by atoms with Crippen LogP contribution in [0.1, 0.15) is 34.7 Å². The molecule has 1 aliphatic heterocycles. The summed E-state index contributed by atoms with van der Waals surface area (Å²) in [4.78, 5) is 28.7. The third-order valence-electron chi connectivity index (χ3n) is 5.08. The van der Waals surface area contributed by atoms with Crippen LogP contribution in [0.3, 0.4) is 0 Å². The van der Waals surface area contributed by atoms with Gasteiger partial charge in [0.2, 0.25) is 11.9 Å². The molecular formula is C22H23N5O3. The maximum absolute atomic E-state index is 12.5. The van der Waals surface area contributed by atoms with Crippen molar-refractivity contribution >= 4 is 23.5 Å². The SMILES string of the molecule is Cc1cc(C)c(NC(=O)COc2ccccc2[C@@H]2CC(=O)Nc3ncnn32)c(C)c1. The van der Waals surface area contributed by atoms with Crippen LogP contribution in [0, 0.1) is 20.8 Å². The summed E-state index contributed by atoms with van der Waals surface area (Å²) < 4.78 is 7.50. The molecule has 0 unspecified atom stereocenters. The fourth-order valence-electron chi connectivity index (χ4n) is 3.83. The third kappa shape index (κ3) is 3.89. The molecule has 4 rings (SSSR count). The van der Waals surface area contributed by atoms with E-state index in [4.69, 9.17) is 4.74 Å². The van der Waals surface area contributed by atoms with Crippen LogP contribution >= 0.6 is 0 Å². The predicted octanol–water partition coefficient (Wildman–Crippen LogP) is 3.15. The smallest absolute Gasteiger partial charge is 0.262 e. The molecule has 8 heteroatoms. The molecule has 2 amide bonds. The van der Waals surface area contributed by atoms with Gasteiger partial charge < -0.3 is 10.1 Å². The number of fused-ring (bicyclic) bond motifs is 1. The van der Waals surface area contributed by atoms with Crippen molar-refractivity contribution in [3.05, 3.63) is 65.0 Å². The minimum Gasteiger partial charge on any atom is -0.483 e. The van der Waals surface area contributed by atoms with Gasteiger partial charge in [-0.15, -0.1) is 0 Å². The molecule has 0 saturated heterocycles. The Kier molecular flexibility index (Phi) is 5.22. The Morgan fingerprint density at radius 2 is 1.97 bits per heavy atom. The summed E-state index contributed by atoms with van der Waals surface area (Å²) in [7, 11) is 0. The Balaban J connectivity index is 1.51. The molecule has 3 aromatic rings. The van der Waals surface area contributed by atoms with Crippen LogP contribution in [-0.4, -0.2) is 33.2 Å². The van der Waals surface area contributed by atoms with Gasteiger partial charge >= 0.3 is 0 Å². The number of anilines is 2. The van der Waals surface area contributed by atoms with Gasteiger partial charge in [-0.3, -0.25) is 14.9 Å². The zero-order valence-corrected chi connectivity index (χ0v) is 17.1. The van der Waals surface area contributed by atoms with Crippen LogP contribution < -0.4 is 15.4 Å². The van der Waals surface area contributed by atoms with Crippen LogP contribution in [0.25, 0.3) is 0 Å². The number of carbonyl (C=O) groups is 2. The van der Waals surface area contributed by atoms with Crippen molar-refractivity contribution in [1.29, 1.82) is 0 Å². The van der Waals surface area contributed by atoms with Crippen LogP contribution in [-0.2, 0) is 9.59 Å². The van der Waals surface area contributed by atoms with E-state index >= 15 is 0 Å². The lowest BCUT2D eigenvalue weighted by Crippen LogP contribution is -2.29. The number of aromatic nitrogens is 3. The molecular weight excluding hydrogens is 382 g/mol. The first-order valence-corrected chi connectivity index (χ1v) is 9.71. The molecule has 30 heavy (non-hydrogen) atoms. The Bertz CT molecular complexity index is 1100. The van der Waals surface area contributed by atoms with Gasteiger partial charge in [0.1, 0.15) is 12.1 Å². The van der Waals surface area contributed by atoms with Gasteiger partial charge in [-0.1, -0.05) is 35.9 Å². The number of amides is 2. The van der Waals surface area contributed by atoms with Crippen LogP contribution in [0.5, 0.6) is 5.75 Å². The lowest BCUT2D eigenvalue weighted by atomic mass is 10.0. The van der Waals surface area contributed by atoms with Crippen LogP contribution in [0.15, 0.2) is 42.7 Å².